The zero-order valence-electron chi connectivity index (χ0n) is 7.98. The molecule has 0 bridgehead atoms. The summed E-state index contributed by atoms with van der Waals surface area (Å²) < 4.78 is 66.3. The van der Waals surface area contributed by atoms with Crippen LogP contribution in [0.25, 0.3) is 0 Å². The highest BCUT2D eigenvalue weighted by molar-refractivity contribution is 5.54. The van der Waals surface area contributed by atoms with Crippen molar-refractivity contribution in [2.75, 3.05) is 12.8 Å². The fraction of sp³-hybridized carbons (Fsp3) is 0.375. The molecule has 16 heavy (non-hydrogen) atoms. The van der Waals surface area contributed by atoms with Gasteiger partial charge in [0.1, 0.15) is 0 Å². The van der Waals surface area contributed by atoms with E-state index >= 15 is 0 Å². The minimum atomic E-state index is -4.90. The number of ether oxygens (including phenoxy) is 1. The molecule has 0 aliphatic carbocycles. The maximum absolute atomic E-state index is 12.4. The van der Waals surface area contributed by atoms with Gasteiger partial charge in [0.05, 0.1) is 12.8 Å². The fourth-order valence-electron chi connectivity index (χ4n) is 1.05. The van der Waals surface area contributed by atoms with Crippen LogP contribution in [0.3, 0.4) is 0 Å². The molecule has 2 N–H and O–H groups in total. The van der Waals surface area contributed by atoms with Crippen molar-refractivity contribution < 1.29 is 26.7 Å². The third-order valence-electron chi connectivity index (χ3n) is 1.78. The van der Waals surface area contributed by atoms with Gasteiger partial charge in [-0.3, -0.25) is 0 Å². The fourth-order valence-corrected chi connectivity index (χ4v) is 1.05. The Morgan fingerprint density at radius 2 is 1.94 bits per heavy atom. The lowest BCUT2D eigenvalue weighted by atomic mass is 10.1. The van der Waals surface area contributed by atoms with Crippen LogP contribution in [-0.2, 0) is 6.18 Å². The highest BCUT2D eigenvalue weighted by Crippen LogP contribution is 2.38. The van der Waals surface area contributed by atoms with Gasteiger partial charge in [0.25, 0.3) is 6.43 Å². The molecule has 0 aliphatic rings. The zero-order valence-corrected chi connectivity index (χ0v) is 7.98. The SMILES string of the molecule is COc1cc(C(F)F)c(N)c(C(F)(F)F)n1. The quantitative estimate of drug-likeness (QED) is 0.811. The van der Waals surface area contributed by atoms with Gasteiger partial charge in [0.2, 0.25) is 5.88 Å². The van der Waals surface area contributed by atoms with E-state index in [4.69, 9.17) is 5.73 Å². The topological polar surface area (TPSA) is 48.1 Å². The first-order chi connectivity index (χ1) is 7.27. The maximum atomic E-state index is 12.4. The minimum absolute atomic E-state index is 0.558. The summed E-state index contributed by atoms with van der Waals surface area (Å²) in [6, 6.07) is 0.676. The first-order valence-corrected chi connectivity index (χ1v) is 3.97. The second-order valence-electron chi connectivity index (χ2n) is 2.81. The summed E-state index contributed by atoms with van der Waals surface area (Å²) in [5.41, 5.74) is 1.38. The maximum Gasteiger partial charge on any atom is 0.435 e. The number of nitrogen functional groups attached to an aromatic ring is 1. The number of rotatable bonds is 2. The number of anilines is 1. The van der Waals surface area contributed by atoms with Crippen LogP contribution < -0.4 is 10.5 Å². The molecule has 8 heteroatoms. The Labute approximate surface area is 87.0 Å². The zero-order chi connectivity index (χ0) is 12.5. The van der Waals surface area contributed by atoms with Crippen molar-refractivity contribution in [2.45, 2.75) is 12.6 Å². The molecule has 0 saturated heterocycles. The monoisotopic (exact) mass is 242 g/mol. The molecule has 0 aliphatic heterocycles. The predicted octanol–water partition coefficient (Wildman–Crippen LogP) is 2.63. The van der Waals surface area contributed by atoms with Crippen molar-refractivity contribution in [3.8, 4) is 5.88 Å². The third-order valence-corrected chi connectivity index (χ3v) is 1.78. The molecular formula is C8H7F5N2O. The van der Waals surface area contributed by atoms with Crippen molar-refractivity contribution in [3.05, 3.63) is 17.3 Å². The van der Waals surface area contributed by atoms with Crippen LogP contribution in [0.4, 0.5) is 27.6 Å². The Balaban J connectivity index is 3.44. The normalized spacial score (nSPS) is 11.9. The standard InChI is InChI=1S/C8H7F5N2O/c1-16-4-2-3(7(9)10)5(14)6(15-4)8(11,12)13/h2,7H,14H2,1H3. The van der Waals surface area contributed by atoms with Crippen LogP contribution in [0.5, 0.6) is 5.88 Å². The summed E-state index contributed by atoms with van der Waals surface area (Å²) in [4.78, 5) is 3.00. The molecule has 1 aromatic heterocycles. The van der Waals surface area contributed by atoms with E-state index in [1.165, 1.54) is 0 Å². The first kappa shape index (κ1) is 12.5. The van der Waals surface area contributed by atoms with E-state index in [0.717, 1.165) is 7.11 Å². The molecule has 0 unspecified atom stereocenters. The van der Waals surface area contributed by atoms with Crippen LogP contribution in [0.1, 0.15) is 17.7 Å². The van der Waals surface area contributed by atoms with E-state index < -0.39 is 35.4 Å². The molecule has 0 amide bonds. The van der Waals surface area contributed by atoms with Crippen LogP contribution in [0, 0.1) is 0 Å². The van der Waals surface area contributed by atoms with Crippen LogP contribution in [0.15, 0.2) is 6.07 Å². The summed E-state index contributed by atoms with van der Waals surface area (Å²) >= 11 is 0. The van der Waals surface area contributed by atoms with E-state index in [2.05, 4.69) is 9.72 Å². The van der Waals surface area contributed by atoms with Crippen molar-refractivity contribution in [2.24, 2.45) is 0 Å². The predicted molar refractivity (Wildman–Crippen MR) is 45.2 cm³/mol. The molecule has 1 heterocycles. The number of pyridine rings is 1. The number of halogens is 5. The molecule has 3 nitrogen and oxygen atoms in total. The summed E-state index contributed by atoms with van der Waals surface area (Å²) in [6.07, 6.45) is -8.03. The van der Waals surface area contributed by atoms with E-state index in [1.807, 2.05) is 0 Å². The van der Waals surface area contributed by atoms with Gasteiger partial charge in [-0.1, -0.05) is 0 Å². The Hall–Kier alpha value is -1.60. The lowest BCUT2D eigenvalue weighted by Crippen LogP contribution is -2.14. The van der Waals surface area contributed by atoms with Crippen molar-refractivity contribution in [3.63, 3.8) is 0 Å². The van der Waals surface area contributed by atoms with Gasteiger partial charge < -0.3 is 10.5 Å². The molecule has 0 radical (unpaired) electrons. The molecule has 0 fully saturated rings. The van der Waals surface area contributed by atoms with E-state index in [0.29, 0.717) is 6.07 Å². The van der Waals surface area contributed by atoms with E-state index in [9.17, 15) is 22.0 Å². The average Bonchev–Trinajstić information content (AvgIpc) is 2.15. The van der Waals surface area contributed by atoms with Crippen LogP contribution >= 0.6 is 0 Å². The minimum Gasteiger partial charge on any atom is -0.481 e. The first-order valence-electron chi connectivity index (χ1n) is 3.97. The summed E-state index contributed by atoms with van der Waals surface area (Å²) in [5, 5.41) is 0. The Morgan fingerprint density at radius 3 is 2.31 bits per heavy atom. The number of methoxy groups -OCH3 is 1. The summed E-state index contributed by atoms with van der Waals surface area (Å²) in [6.45, 7) is 0. The van der Waals surface area contributed by atoms with Gasteiger partial charge in [0, 0.05) is 11.6 Å². The molecule has 0 atom stereocenters. The average molecular weight is 242 g/mol. The Kier molecular flexibility index (Phi) is 3.20. The van der Waals surface area contributed by atoms with Gasteiger partial charge in [0.15, 0.2) is 5.69 Å². The van der Waals surface area contributed by atoms with Crippen molar-refractivity contribution >= 4 is 5.69 Å². The second-order valence-corrected chi connectivity index (χ2v) is 2.81. The number of hydrogen-bond acceptors (Lipinski definition) is 3. The lowest BCUT2D eigenvalue weighted by molar-refractivity contribution is -0.140. The summed E-state index contributed by atoms with van der Waals surface area (Å²) in [7, 11) is 1.02. The van der Waals surface area contributed by atoms with Gasteiger partial charge in [-0.2, -0.15) is 13.2 Å². The molecule has 1 aromatic rings. The van der Waals surface area contributed by atoms with E-state index in [-0.39, 0.29) is 0 Å². The highest BCUT2D eigenvalue weighted by atomic mass is 19.4. The third kappa shape index (κ3) is 2.31. The van der Waals surface area contributed by atoms with Gasteiger partial charge >= 0.3 is 6.18 Å². The molecule has 1 rings (SSSR count). The molecule has 0 aromatic carbocycles. The smallest absolute Gasteiger partial charge is 0.435 e. The van der Waals surface area contributed by atoms with Gasteiger partial charge in [-0.25, -0.2) is 13.8 Å². The van der Waals surface area contributed by atoms with Gasteiger partial charge in [-0.05, 0) is 0 Å². The van der Waals surface area contributed by atoms with Crippen molar-refractivity contribution in [1.29, 1.82) is 0 Å². The largest absolute Gasteiger partial charge is 0.481 e. The number of alkyl halides is 5. The Morgan fingerprint density at radius 1 is 1.38 bits per heavy atom. The van der Waals surface area contributed by atoms with Crippen LogP contribution in [0.2, 0.25) is 0 Å². The van der Waals surface area contributed by atoms with E-state index in [1.54, 1.807) is 0 Å². The molecule has 90 valence electrons. The second kappa shape index (κ2) is 4.11. The van der Waals surface area contributed by atoms with Crippen LogP contribution in [-0.4, -0.2) is 12.1 Å². The molecular weight excluding hydrogens is 235 g/mol. The lowest BCUT2D eigenvalue weighted by Gasteiger charge is -2.13. The number of hydrogen-bond donors (Lipinski definition) is 1. The van der Waals surface area contributed by atoms with Crippen molar-refractivity contribution in [1.82, 2.24) is 4.98 Å². The molecule has 0 saturated carbocycles. The van der Waals surface area contributed by atoms with Gasteiger partial charge in [-0.15, -0.1) is 0 Å². The molecule has 0 spiro atoms. The number of aromatic nitrogens is 1. The number of nitrogens with two attached hydrogens (primary N) is 1. The summed E-state index contributed by atoms with van der Waals surface area (Å²) in [5.74, 6) is -0.558. The Bertz CT molecular complexity index is 391. The number of nitrogens with zero attached hydrogens (tertiary/aromatic N) is 1. The highest BCUT2D eigenvalue weighted by Gasteiger charge is 2.37.